The molecule has 0 spiro atoms. The molecule has 1 aromatic carbocycles. The number of rotatable bonds is 2. The number of hydrogen-bond acceptors (Lipinski definition) is 3. The summed E-state index contributed by atoms with van der Waals surface area (Å²) in [6, 6.07) is 9.53. The molecule has 1 N–H and O–H groups in total. The van der Waals surface area contributed by atoms with E-state index >= 15 is 0 Å². The predicted molar refractivity (Wildman–Crippen MR) is 77.7 cm³/mol. The molecule has 0 fully saturated rings. The summed E-state index contributed by atoms with van der Waals surface area (Å²) in [5.74, 6) is -0.218. The minimum Gasteiger partial charge on any atom is -0.478 e. The maximum absolute atomic E-state index is 11.1. The van der Waals surface area contributed by atoms with Gasteiger partial charge in [0, 0.05) is 18.4 Å². The van der Waals surface area contributed by atoms with E-state index in [4.69, 9.17) is 5.11 Å². The van der Waals surface area contributed by atoms with Gasteiger partial charge in [0.15, 0.2) is 0 Å². The Morgan fingerprint density at radius 3 is 2.95 bits per heavy atom. The van der Waals surface area contributed by atoms with Crippen molar-refractivity contribution < 1.29 is 9.90 Å². The number of benzene rings is 1. The van der Waals surface area contributed by atoms with Gasteiger partial charge in [0.25, 0.3) is 0 Å². The van der Waals surface area contributed by atoms with Crippen LogP contribution in [0.3, 0.4) is 0 Å². The summed E-state index contributed by atoms with van der Waals surface area (Å²) < 4.78 is 0. The monoisotopic (exact) mass is 268 g/mol. The number of carbonyl (C=O) groups is 1. The Morgan fingerprint density at radius 2 is 2.15 bits per heavy atom. The summed E-state index contributed by atoms with van der Waals surface area (Å²) in [4.78, 5) is 17.5. The standard InChI is InChI=1S/C16H16N2O2/c1-11-4-5-14-12(9-11)3-2-8-18(14)15-10-13(16(19)20)6-7-17-15/h4-7,9-10H,2-3,8H2,1H3,(H,19,20). The van der Waals surface area contributed by atoms with E-state index in [0.29, 0.717) is 5.82 Å². The Morgan fingerprint density at radius 1 is 1.30 bits per heavy atom. The zero-order chi connectivity index (χ0) is 14.1. The van der Waals surface area contributed by atoms with E-state index < -0.39 is 5.97 Å². The van der Waals surface area contributed by atoms with Crippen LogP contribution in [0.15, 0.2) is 36.5 Å². The fourth-order valence-electron chi connectivity index (χ4n) is 2.66. The van der Waals surface area contributed by atoms with Gasteiger partial charge >= 0.3 is 5.97 Å². The third kappa shape index (κ3) is 2.25. The van der Waals surface area contributed by atoms with Gasteiger partial charge in [0.1, 0.15) is 5.82 Å². The number of aromatic carboxylic acids is 1. The van der Waals surface area contributed by atoms with Gasteiger partial charge < -0.3 is 10.0 Å². The van der Waals surface area contributed by atoms with Crippen LogP contribution in [0, 0.1) is 6.92 Å². The molecule has 4 nitrogen and oxygen atoms in total. The molecule has 0 aliphatic carbocycles. The Bertz CT molecular complexity index is 667. The molecule has 0 amide bonds. The van der Waals surface area contributed by atoms with E-state index in [1.165, 1.54) is 17.2 Å². The van der Waals surface area contributed by atoms with Gasteiger partial charge in [-0.05, 0) is 43.5 Å². The first-order valence-corrected chi connectivity index (χ1v) is 6.71. The van der Waals surface area contributed by atoms with Crippen molar-refractivity contribution in [2.75, 3.05) is 11.4 Å². The summed E-state index contributed by atoms with van der Waals surface area (Å²) in [5, 5.41) is 9.09. The molecule has 0 radical (unpaired) electrons. The highest BCUT2D eigenvalue weighted by atomic mass is 16.4. The molecule has 0 saturated heterocycles. The SMILES string of the molecule is Cc1ccc2c(c1)CCCN2c1cc(C(=O)O)ccn1. The zero-order valence-electron chi connectivity index (χ0n) is 11.3. The highest BCUT2D eigenvalue weighted by Crippen LogP contribution is 2.33. The van der Waals surface area contributed by atoms with Gasteiger partial charge in [0.2, 0.25) is 0 Å². The first-order chi connectivity index (χ1) is 9.65. The summed E-state index contributed by atoms with van der Waals surface area (Å²) in [5.41, 5.74) is 3.96. The molecule has 0 bridgehead atoms. The minimum absolute atomic E-state index is 0.272. The highest BCUT2D eigenvalue weighted by molar-refractivity contribution is 5.88. The zero-order valence-corrected chi connectivity index (χ0v) is 11.3. The molecule has 1 aliphatic heterocycles. The van der Waals surface area contributed by atoms with E-state index in [1.807, 2.05) is 0 Å². The smallest absolute Gasteiger partial charge is 0.335 e. The van der Waals surface area contributed by atoms with E-state index in [9.17, 15) is 4.79 Å². The van der Waals surface area contributed by atoms with Crippen LogP contribution in [0.5, 0.6) is 0 Å². The number of carboxylic acid groups (broad SMARTS) is 1. The van der Waals surface area contributed by atoms with Crippen molar-refractivity contribution in [3.05, 3.63) is 53.2 Å². The molecule has 20 heavy (non-hydrogen) atoms. The van der Waals surface area contributed by atoms with Gasteiger partial charge in [-0.2, -0.15) is 0 Å². The molecular weight excluding hydrogens is 252 g/mol. The number of carboxylic acids is 1. The van der Waals surface area contributed by atoms with Crippen LogP contribution in [0.2, 0.25) is 0 Å². The van der Waals surface area contributed by atoms with Gasteiger partial charge in [-0.15, -0.1) is 0 Å². The summed E-state index contributed by atoms with van der Waals surface area (Å²) in [6.45, 7) is 2.95. The number of anilines is 2. The second-order valence-electron chi connectivity index (χ2n) is 5.10. The van der Waals surface area contributed by atoms with Gasteiger partial charge in [-0.1, -0.05) is 17.7 Å². The predicted octanol–water partition coefficient (Wildman–Crippen LogP) is 3.17. The molecule has 4 heteroatoms. The van der Waals surface area contributed by atoms with E-state index in [2.05, 4.69) is 35.0 Å². The molecule has 2 heterocycles. The minimum atomic E-state index is -0.921. The third-order valence-corrected chi connectivity index (χ3v) is 3.62. The highest BCUT2D eigenvalue weighted by Gasteiger charge is 2.19. The maximum atomic E-state index is 11.1. The van der Waals surface area contributed by atoms with E-state index in [0.717, 1.165) is 25.1 Å². The van der Waals surface area contributed by atoms with E-state index in [-0.39, 0.29) is 5.56 Å². The molecule has 0 atom stereocenters. The maximum Gasteiger partial charge on any atom is 0.335 e. The van der Waals surface area contributed by atoms with Crippen LogP contribution in [0.4, 0.5) is 11.5 Å². The summed E-state index contributed by atoms with van der Waals surface area (Å²) >= 11 is 0. The van der Waals surface area contributed by atoms with Crippen molar-refractivity contribution in [3.63, 3.8) is 0 Å². The topological polar surface area (TPSA) is 53.4 Å². The van der Waals surface area contributed by atoms with Crippen molar-refractivity contribution in [1.29, 1.82) is 0 Å². The molecule has 2 aromatic rings. The molecule has 0 unspecified atom stereocenters. The first kappa shape index (κ1) is 12.7. The van der Waals surface area contributed by atoms with Crippen molar-refractivity contribution in [3.8, 4) is 0 Å². The van der Waals surface area contributed by atoms with Gasteiger partial charge in [-0.3, -0.25) is 0 Å². The Balaban J connectivity index is 2.04. The number of fused-ring (bicyclic) bond motifs is 1. The quantitative estimate of drug-likeness (QED) is 0.909. The van der Waals surface area contributed by atoms with Crippen LogP contribution < -0.4 is 4.90 Å². The van der Waals surface area contributed by atoms with Crippen molar-refractivity contribution >= 4 is 17.5 Å². The molecular formula is C16H16N2O2. The number of hydrogen-bond donors (Lipinski definition) is 1. The Kier molecular flexibility index (Phi) is 3.14. The Labute approximate surface area is 117 Å². The molecule has 1 aromatic heterocycles. The van der Waals surface area contributed by atoms with Gasteiger partial charge in [0.05, 0.1) is 5.56 Å². The van der Waals surface area contributed by atoms with E-state index in [1.54, 1.807) is 12.3 Å². The molecule has 0 saturated carbocycles. The summed E-state index contributed by atoms with van der Waals surface area (Å²) in [7, 11) is 0. The fraction of sp³-hybridized carbons (Fsp3) is 0.250. The number of nitrogens with zero attached hydrogens (tertiary/aromatic N) is 2. The largest absolute Gasteiger partial charge is 0.478 e. The number of pyridine rings is 1. The molecule has 102 valence electrons. The lowest BCUT2D eigenvalue weighted by Gasteiger charge is -2.30. The lowest BCUT2D eigenvalue weighted by molar-refractivity contribution is 0.0697. The number of aromatic nitrogens is 1. The van der Waals surface area contributed by atoms with Gasteiger partial charge in [-0.25, -0.2) is 9.78 Å². The van der Waals surface area contributed by atoms with Crippen LogP contribution in [-0.4, -0.2) is 22.6 Å². The number of aryl methyl sites for hydroxylation is 2. The van der Waals surface area contributed by atoms with Crippen LogP contribution in [0.1, 0.15) is 27.9 Å². The van der Waals surface area contributed by atoms with Crippen LogP contribution in [-0.2, 0) is 6.42 Å². The average Bonchev–Trinajstić information content (AvgIpc) is 2.46. The molecule has 1 aliphatic rings. The van der Waals surface area contributed by atoms with Crippen molar-refractivity contribution in [2.45, 2.75) is 19.8 Å². The normalized spacial score (nSPS) is 13.9. The fourth-order valence-corrected chi connectivity index (χ4v) is 2.66. The first-order valence-electron chi connectivity index (χ1n) is 6.71. The third-order valence-electron chi connectivity index (χ3n) is 3.62. The Hall–Kier alpha value is -2.36. The second-order valence-corrected chi connectivity index (χ2v) is 5.10. The van der Waals surface area contributed by atoms with Crippen LogP contribution in [0.25, 0.3) is 0 Å². The molecule has 3 rings (SSSR count). The lowest BCUT2D eigenvalue weighted by Crippen LogP contribution is -2.25. The van der Waals surface area contributed by atoms with Crippen LogP contribution >= 0.6 is 0 Å². The average molecular weight is 268 g/mol. The summed E-state index contributed by atoms with van der Waals surface area (Å²) in [6.07, 6.45) is 3.67. The van der Waals surface area contributed by atoms with Crippen molar-refractivity contribution in [2.24, 2.45) is 0 Å². The second kappa shape index (κ2) is 4.96. The lowest BCUT2D eigenvalue weighted by atomic mass is 9.99. The van der Waals surface area contributed by atoms with Crippen molar-refractivity contribution in [1.82, 2.24) is 4.98 Å².